The lowest BCUT2D eigenvalue weighted by Gasteiger charge is -2.22. The number of nitrogens with zero attached hydrogens (tertiary/aromatic N) is 2. The second kappa shape index (κ2) is 3.66. The van der Waals surface area contributed by atoms with E-state index in [4.69, 9.17) is 10.8 Å². The van der Waals surface area contributed by atoms with Gasteiger partial charge in [0.15, 0.2) is 5.69 Å². The fourth-order valence-electron chi connectivity index (χ4n) is 2.10. The van der Waals surface area contributed by atoms with Gasteiger partial charge in [-0.3, -0.25) is 0 Å². The number of rotatable bonds is 2. The maximum absolute atomic E-state index is 11.0. The first-order valence-electron chi connectivity index (χ1n) is 5.20. The molecule has 2 heterocycles. The van der Waals surface area contributed by atoms with E-state index in [2.05, 4.69) is 4.98 Å². The Kier molecular flexibility index (Phi) is 2.48. The Morgan fingerprint density at radius 1 is 1.73 bits per heavy atom. The summed E-state index contributed by atoms with van der Waals surface area (Å²) in [4.78, 5) is 15.1. The van der Waals surface area contributed by atoms with Crippen molar-refractivity contribution in [1.82, 2.24) is 9.55 Å². The van der Waals surface area contributed by atoms with E-state index in [1.54, 1.807) is 0 Å². The summed E-state index contributed by atoms with van der Waals surface area (Å²) in [6, 6.07) is 0.124. The average molecular weight is 209 g/mol. The van der Waals surface area contributed by atoms with Gasteiger partial charge in [-0.2, -0.15) is 0 Å². The second-order valence-electron chi connectivity index (χ2n) is 3.89. The minimum absolute atomic E-state index is 0.124. The van der Waals surface area contributed by atoms with E-state index in [0.29, 0.717) is 6.54 Å². The van der Waals surface area contributed by atoms with Gasteiger partial charge in [-0.1, -0.05) is 6.92 Å². The molecule has 1 aromatic heterocycles. The number of nitrogens with two attached hydrogens (primary N) is 1. The minimum Gasteiger partial charge on any atom is -0.476 e. The van der Waals surface area contributed by atoms with Gasteiger partial charge in [-0.15, -0.1) is 0 Å². The molecule has 1 atom stereocenters. The van der Waals surface area contributed by atoms with Gasteiger partial charge >= 0.3 is 5.97 Å². The first-order chi connectivity index (χ1) is 7.13. The molecule has 1 aromatic rings. The molecular weight excluding hydrogens is 194 g/mol. The highest BCUT2D eigenvalue weighted by Crippen LogP contribution is 2.20. The highest BCUT2D eigenvalue weighted by atomic mass is 16.4. The van der Waals surface area contributed by atoms with Crippen LogP contribution in [0.15, 0.2) is 0 Å². The number of carboxylic acids is 1. The summed E-state index contributed by atoms with van der Waals surface area (Å²) < 4.78 is 1.97. The molecule has 2 rings (SSSR count). The van der Waals surface area contributed by atoms with Crippen LogP contribution in [0.3, 0.4) is 0 Å². The summed E-state index contributed by atoms with van der Waals surface area (Å²) >= 11 is 0. The van der Waals surface area contributed by atoms with E-state index in [1.807, 2.05) is 11.5 Å². The van der Waals surface area contributed by atoms with Crippen LogP contribution in [0.25, 0.3) is 0 Å². The molecule has 0 saturated heterocycles. The normalized spacial score (nSPS) is 20.0. The van der Waals surface area contributed by atoms with Crippen LogP contribution in [0.2, 0.25) is 0 Å². The quantitative estimate of drug-likeness (QED) is 0.739. The number of imidazole rings is 1. The van der Waals surface area contributed by atoms with Crippen molar-refractivity contribution in [2.45, 2.75) is 38.8 Å². The Hall–Kier alpha value is -1.36. The molecule has 5 nitrogen and oxygen atoms in total. The fraction of sp³-hybridized carbons (Fsp3) is 0.600. The lowest BCUT2D eigenvalue weighted by molar-refractivity contribution is 0.0689. The Labute approximate surface area is 87.9 Å². The van der Waals surface area contributed by atoms with Crippen molar-refractivity contribution < 1.29 is 9.90 Å². The molecule has 82 valence electrons. The number of hydrogen-bond donors (Lipinski definition) is 2. The molecule has 1 aliphatic rings. The van der Waals surface area contributed by atoms with Crippen molar-refractivity contribution in [3.05, 3.63) is 17.2 Å². The number of aryl methyl sites for hydroxylation is 1. The molecule has 0 amide bonds. The summed E-state index contributed by atoms with van der Waals surface area (Å²) in [7, 11) is 0. The zero-order valence-electron chi connectivity index (χ0n) is 8.73. The zero-order chi connectivity index (χ0) is 11.0. The van der Waals surface area contributed by atoms with Gasteiger partial charge in [-0.05, 0) is 12.8 Å². The van der Waals surface area contributed by atoms with E-state index in [-0.39, 0.29) is 11.7 Å². The third-order valence-electron chi connectivity index (χ3n) is 2.84. The number of fused-ring (bicyclic) bond motifs is 1. The largest absolute Gasteiger partial charge is 0.476 e. The number of hydrogen-bond acceptors (Lipinski definition) is 3. The standard InChI is InChI=1S/C10H15N3O2/c1-2-8-12-9(10(14)15)7-4-3-6(11)5-13(7)8/h6H,2-5,11H2,1H3,(H,14,15). The predicted octanol–water partition coefficient (Wildman–Crippen LogP) is 0.417. The summed E-state index contributed by atoms with van der Waals surface area (Å²) in [6.45, 7) is 2.67. The van der Waals surface area contributed by atoms with Crippen molar-refractivity contribution in [2.75, 3.05) is 0 Å². The van der Waals surface area contributed by atoms with Crippen LogP contribution in [0, 0.1) is 0 Å². The van der Waals surface area contributed by atoms with Gasteiger partial charge in [0.25, 0.3) is 0 Å². The van der Waals surface area contributed by atoms with Crippen molar-refractivity contribution in [3.8, 4) is 0 Å². The van der Waals surface area contributed by atoms with Crippen LogP contribution in [-0.4, -0.2) is 26.7 Å². The Morgan fingerprint density at radius 3 is 3.07 bits per heavy atom. The van der Waals surface area contributed by atoms with Gasteiger partial charge < -0.3 is 15.4 Å². The molecule has 3 N–H and O–H groups in total. The molecule has 5 heteroatoms. The fourth-order valence-corrected chi connectivity index (χ4v) is 2.10. The molecule has 0 saturated carbocycles. The van der Waals surface area contributed by atoms with E-state index >= 15 is 0 Å². The topological polar surface area (TPSA) is 81.1 Å². The molecule has 0 radical (unpaired) electrons. The number of carbonyl (C=O) groups is 1. The third-order valence-corrected chi connectivity index (χ3v) is 2.84. The number of aromatic nitrogens is 2. The van der Waals surface area contributed by atoms with Crippen molar-refractivity contribution >= 4 is 5.97 Å². The van der Waals surface area contributed by atoms with Crippen molar-refractivity contribution in [1.29, 1.82) is 0 Å². The minimum atomic E-state index is -0.936. The predicted molar refractivity (Wildman–Crippen MR) is 54.9 cm³/mol. The lowest BCUT2D eigenvalue weighted by atomic mass is 10.0. The molecule has 15 heavy (non-hydrogen) atoms. The third kappa shape index (κ3) is 1.63. The molecular formula is C10H15N3O2. The summed E-state index contributed by atoms with van der Waals surface area (Å²) in [5.74, 6) is -0.105. The van der Waals surface area contributed by atoms with E-state index in [0.717, 1.165) is 30.8 Å². The van der Waals surface area contributed by atoms with Crippen LogP contribution >= 0.6 is 0 Å². The van der Waals surface area contributed by atoms with Crippen LogP contribution in [0.5, 0.6) is 0 Å². The van der Waals surface area contributed by atoms with Crippen LogP contribution in [0.1, 0.15) is 35.4 Å². The van der Waals surface area contributed by atoms with E-state index < -0.39 is 5.97 Å². The van der Waals surface area contributed by atoms with Crippen LogP contribution in [0.4, 0.5) is 0 Å². The molecule has 0 bridgehead atoms. The van der Waals surface area contributed by atoms with Crippen molar-refractivity contribution in [2.24, 2.45) is 5.73 Å². The first kappa shape index (κ1) is 10.2. The van der Waals surface area contributed by atoms with E-state index in [9.17, 15) is 4.79 Å². The molecule has 0 aliphatic carbocycles. The average Bonchev–Trinajstić information content (AvgIpc) is 2.55. The van der Waals surface area contributed by atoms with Gasteiger partial charge in [0.2, 0.25) is 0 Å². The molecule has 0 aromatic carbocycles. The first-order valence-corrected chi connectivity index (χ1v) is 5.20. The Morgan fingerprint density at radius 2 is 2.47 bits per heavy atom. The van der Waals surface area contributed by atoms with Crippen molar-refractivity contribution in [3.63, 3.8) is 0 Å². The van der Waals surface area contributed by atoms with Crippen LogP contribution < -0.4 is 5.73 Å². The zero-order valence-corrected chi connectivity index (χ0v) is 8.73. The molecule has 1 aliphatic heterocycles. The maximum atomic E-state index is 11.0. The lowest BCUT2D eigenvalue weighted by Crippen LogP contribution is -2.33. The van der Waals surface area contributed by atoms with E-state index in [1.165, 1.54) is 0 Å². The summed E-state index contributed by atoms with van der Waals surface area (Å²) in [5, 5.41) is 9.01. The Balaban J connectivity index is 2.49. The SMILES string of the molecule is CCc1nc(C(=O)O)c2n1CC(N)CC2. The van der Waals surface area contributed by atoms with Gasteiger partial charge in [0.05, 0.1) is 5.69 Å². The smallest absolute Gasteiger partial charge is 0.356 e. The van der Waals surface area contributed by atoms with Gasteiger partial charge in [-0.25, -0.2) is 9.78 Å². The summed E-state index contributed by atoms with van der Waals surface area (Å²) in [6.07, 6.45) is 2.30. The number of carboxylic acid groups (broad SMARTS) is 1. The highest BCUT2D eigenvalue weighted by Gasteiger charge is 2.25. The second-order valence-corrected chi connectivity index (χ2v) is 3.89. The van der Waals surface area contributed by atoms with Gasteiger partial charge in [0.1, 0.15) is 5.82 Å². The van der Waals surface area contributed by atoms with Crippen LogP contribution in [-0.2, 0) is 19.4 Å². The molecule has 1 unspecified atom stereocenters. The highest BCUT2D eigenvalue weighted by molar-refractivity contribution is 5.87. The molecule has 0 spiro atoms. The summed E-state index contributed by atoms with van der Waals surface area (Å²) in [5.41, 5.74) is 6.90. The maximum Gasteiger partial charge on any atom is 0.356 e. The number of aromatic carboxylic acids is 1. The molecule has 0 fully saturated rings. The monoisotopic (exact) mass is 209 g/mol. The van der Waals surface area contributed by atoms with Gasteiger partial charge in [0, 0.05) is 19.0 Å². The Bertz CT molecular complexity index is 398.